The number of carbonyl (C=O) groups excluding carboxylic acids is 1. The molecule has 0 aliphatic carbocycles. The molecule has 1 unspecified atom stereocenters. The Morgan fingerprint density at radius 2 is 2.64 bits per heavy atom. The van der Waals surface area contributed by atoms with Crippen LogP contribution in [0.4, 0.5) is 0 Å². The van der Waals surface area contributed by atoms with E-state index in [1.807, 2.05) is 6.07 Å². The molecular weight excluding hydrogens is 162 g/mol. The van der Waals surface area contributed by atoms with Crippen LogP contribution in [0.1, 0.15) is 23.8 Å². The predicted molar refractivity (Wildman–Crippen MR) is 40.2 cm³/mol. The van der Waals surface area contributed by atoms with E-state index < -0.39 is 0 Å². The fourth-order valence-electron chi connectivity index (χ4n) is 1.12. The third-order valence-electron chi connectivity index (χ3n) is 1.66. The van der Waals surface area contributed by atoms with Gasteiger partial charge in [-0.2, -0.15) is 0 Å². The van der Waals surface area contributed by atoms with Gasteiger partial charge in [-0.15, -0.1) is 0 Å². The van der Waals surface area contributed by atoms with E-state index >= 15 is 0 Å². The molecule has 3 nitrogen and oxygen atoms in total. The molecule has 2 rings (SSSR count). The van der Waals surface area contributed by atoms with E-state index in [2.05, 4.69) is 4.37 Å². The van der Waals surface area contributed by atoms with Crippen molar-refractivity contribution >= 4 is 17.5 Å². The van der Waals surface area contributed by atoms with Gasteiger partial charge >= 0.3 is 5.97 Å². The Labute approximate surface area is 68.2 Å². The average Bonchev–Trinajstić information content (AvgIpc) is 2.55. The first-order valence-electron chi connectivity index (χ1n) is 3.46. The lowest BCUT2D eigenvalue weighted by molar-refractivity contribution is -0.141. The van der Waals surface area contributed by atoms with Gasteiger partial charge in [0.05, 0.1) is 4.88 Å². The lowest BCUT2D eigenvalue weighted by Crippen LogP contribution is -1.95. The summed E-state index contributed by atoms with van der Waals surface area (Å²) < 4.78 is 8.98. The topological polar surface area (TPSA) is 39.2 Å². The molecule has 1 aromatic rings. The summed E-state index contributed by atoms with van der Waals surface area (Å²) in [7, 11) is 0. The molecule has 4 heteroatoms. The van der Waals surface area contributed by atoms with E-state index in [1.165, 1.54) is 11.5 Å². The highest BCUT2D eigenvalue weighted by atomic mass is 32.1. The molecule has 0 saturated carbocycles. The zero-order chi connectivity index (χ0) is 7.68. The first kappa shape index (κ1) is 6.79. The van der Waals surface area contributed by atoms with Gasteiger partial charge < -0.3 is 4.74 Å². The molecular formula is C7H7NO2S. The van der Waals surface area contributed by atoms with Crippen LogP contribution in [0, 0.1) is 0 Å². The van der Waals surface area contributed by atoms with E-state index in [-0.39, 0.29) is 12.1 Å². The number of hydrogen-bond acceptors (Lipinski definition) is 4. The molecule has 0 spiro atoms. The van der Waals surface area contributed by atoms with E-state index in [1.54, 1.807) is 6.20 Å². The van der Waals surface area contributed by atoms with E-state index in [0.717, 1.165) is 11.3 Å². The Morgan fingerprint density at radius 3 is 3.18 bits per heavy atom. The number of esters is 1. The van der Waals surface area contributed by atoms with Gasteiger partial charge in [0.25, 0.3) is 0 Å². The smallest absolute Gasteiger partial charge is 0.306 e. The van der Waals surface area contributed by atoms with Crippen molar-refractivity contribution in [1.82, 2.24) is 4.37 Å². The Balaban J connectivity index is 2.13. The molecule has 1 aliphatic rings. The van der Waals surface area contributed by atoms with Crippen molar-refractivity contribution in [2.45, 2.75) is 18.9 Å². The van der Waals surface area contributed by atoms with Crippen LogP contribution in [0.25, 0.3) is 0 Å². The van der Waals surface area contributed by atoms with Crippen molar-refractivity contribution in [3.05, 3.63) is 17.1 Å². The Morgan fingerprint density at radius 1 is 1.73 bits per heavy atom. The van der Waals surface area contributed by atoms with E-state index in [4.69, 9.17) is 4.74 Å². The summed E-state index contributed by atoms with van der Waals surface area (Å²) in [4.78, 5) is 11.8. The lowest BCUT2D eigenvalue weighted by Gasteiger charge is -2.03. The third kappa shape index (κ3) is 1.26. The number of rotatable bonds is 1. The summed E-state index contributed by atoms with van der Waals surface area (Å²) >= 11 is 1.39. The van der Waals surface area contributed by atoms with Crippen molar-refractivity contribution < 1.29 is 9.53 Å². The molecule has 0 radical (unpaired) electrons. The number of hydrogen-bond donors (Lipinski definition) is 0. The van der Waals surface area contributed by atoms with Gasteiger partial charge in [-0.05, 0) is 24.0 Å². The molecule has 2 heterocycles. The van der Waals surface area contributed by atoms with Gasteiger partial charge in [-0.3, -0.25) is 4.79 Å². The van der Waals surface area contributed by atoms with Crippen LogP contribution in [0.5, 0.6) is 0 Å². The Kier molecular flexibility index (Phi) is 1.62. The number of carbonyl (C=O) groups is 1. The Hall–Kier alpha value is -0.900. The fraction of sp³-hybridized carbons (Fsp3) is 0.429. The second kappa shape index (κ2) is 2.62. The van der Waals surface area contributed by atoms with Gasteiger partial charge in [-0.1, -0.05) is 0 Å². The van der Waals surface area contributed by atoms with Crippen molar-refractivity contribution in [3.63, 3.8) is 0 Å². The van der Waals surface area contributed by atoms with Crippen molar-refractivity contribution in [2.75, 3.05) is 0 Å². The van der Waals surface area contributed by atoms with Crippen LogP contribution in [-0.4, -0.2) is 10.3 Å². The number of ether oxygens (including phenoxy) is 1. The molecule has 0 amide bonds. The predicted octanol–water partition coefficient (Wildman–Crippen LogP) is 1.52. The van der Waals surface area contributed by atoms with Crippen LogP contribution >= 0.6 is 11.5 Å². The largest absolute Gasteiger partial charge is 0.457 e. The zero-order valence-electron chi connectivity index (χ0n) is 5.82. The van der Waals surface area contributed by atoms with Crippen molar-refractivity contribution in [1.29, 1.82) is 0 Å². The first-order chi connectivity index (χ1) is 5.36. The summed E-state index contributed by atoms with van der Waals surface area (Å²) in [6, 6.07) is 1.90. The minimum atomic E-state index is -0.0941. The van der Waals surface area contributed by atoms with Crippen LogP contribution in [-0.2, 0) is 9.53 Å². The maximum absolute atomic E-state index is 10.7. The molecule has 0 aromatic carbocycles. The highest BCUT2D eigenvalue weighted by molar-refractivity contribution is 7.05. The first-order valence-corrected chi connectivity index (χ1v) is 4.23. The van der Waals surface area contributed by atoms with Crippen molar-refractivity contribution in [2.24, 2.45) is 0 Å². The molecule has 0 N–H and O–H groups in total. The standard InChI is InChI=1S/C7H7NO2S/c9-7-2-1-5(10-7)6-3-4-8-11-6/h3-5H,1-2H2. The highest BCUT2D eigenvalue weighted by Crippen LogP contribution is 2.30. The molecule has 1 aromatic heterocycles. The third-order valence-corrected chi connectivity index (χ3v) is 2.50. The van der Waals surface area contributed by atoms with Gasteiger partial charge in [0.2, 0.25) is 0 Å². The van der Waals surface area contributed by atoms with E-state index in [0.29, 0.717) is 6.42 Å². The highest BCUT2D eigenvalue weighted by Gasteiger charge is 2.25. The molecule has 1 saturated heterocycles. The van der Waals surface area contributed by atoms with Gasteiger partial charge in [0, 0.05) is 12.6 Å². The Bertz CT molecular complexity index is 257. The molecule has 58 valence electrons. The second-order valence-electron chi connectivity index (χ2n) is 2.43. The maximum Gasteiger partial charge on any atom is 0.306 e. The van der Waals surface area contributed by atoms with Crippen molar-refractivity contribution in [3.8, 4) is 0 Å². The SMILES string of the molecule is O=C1CCC(c2ccns2)O1. The summed E-state index contributed by atoms with van der Waals surface area (Å²) in [6.45, 7) is 0. The minimum absolute atomic E-state index is 0.0185. The number of nitrogens with zero attached hydrogens (tertiary/aromatic N) is 1. The quantitative estimate of drug-likeness (QED) is 0.598. The monoisotopic (exact) mass is 169 g/mol. The molecule has 0 bridgehead atoms. The van der Waals surface area contributed by atoms with Gasteiger partial charge in [0.1, 0.15) is 6.10 Å². The van der Waals surface area contributed by atoms with Gasteiger partial charge in [0.15, 0.2) is 0 Å². The summed E-state index contributed by atoms with van der Waals surface area (Å²) in [5.41, 5.74) is 0. The lowest BCUT2D eigenvalue weighted by atomic mass is 10.2. The van der Waals surface area contributed by atoms with E-state index in [9.17, 15) is 4.79 Å². The summed E-state index contributed by atoms with van der Waals surface area (Å²) in [5, 5.41) is 0. The minimum Gasteiger partial charge on any atom is -0.457 e. The maximum atomic E-state index is 10.7. The second-order valence-corrected chi connectivity index (χ2v) is 3.30. The molecule has 1 fully saturated rings. The van der Waals surface area contributed by atoms with Crippen LogP contribution in [0.2, 0.25) is 0 Å². The van der Waals surface area contributed by atoms with Gasteiger partial charge in [-0.25, -0.2) is 4.37 Å². The normalized spacial score (nSPS) is 23.6. The average molecular weight is 169 g/mol. The summed E-state index contributed by atoms with van der Waals surface area (Å²) in [6.07, 6.45) is 3.06. The van der Waals surface area contributed by atoms with Crippen LogP contribution < -0.4 is 0 Å². The summed E-state index contributed by atoms with van der Waals surface area (Å²) in [5.74, 6) is -0.0941. The van der Waals surface area contributed by atoms with Crippen LogP contribution in [0.3, 0.4) is 0 Å². The fourth-order valence-corrected chi connectivity index (χ4v) is 1.77. The van der Waals surface area contributed by atoms with Crippen LogP contribution in [0.15, 0.2) is 12.3 Å². The number of cyclic esters (lactones) is 1. The zero-order valence-corrected chi connectivity index (χ0v) is 6.63. The molecule has 1 atom stereocenters. The molecule has 1 aliphatic heterocycles. The molecule has 11 heavy (non-hydrogen) atoms. The number of aromatic nitrogens is 1.